The van der Waals surface area contributed by atoms with Gasteiger partial charge in [-0.2, -0.15) is 11.8 Å². The van der Waals surface area contributed by atoms with Gasteiger partial charge in [0.25, 0.3) is 5.91 Å². The third kappa shape index (κ3) is 5.44. The van der Waals surface area contributed by atoms with E-state index in [1.165, 1.54) is 29.9 Å². The van der Waals surface area contributed by atoms with Crippen LogP contribution in [-0.4, -0.2) is 48.6 Å². The molecule has 5 rings (SSSR count). The van der Waals surface area contributed by atoms with Gasteiger partial charge in [0.2, 0.25) is 0 Å². The molecule has 34 heavy (non-hydrogen) atoms. The number of halogens is 1. The van der Waals surface area contributed by atoms with E-state index in [2.05, 4.69) is 61.5 Å². The maximum Gasteiger partial charge on any atom is 0.255 e. The molecular weight excluding hydrogens is 555 g/mol. The quantitative estimate of drug-likeness (QED) is 0.370. The van der Waals surface area contributed by atoms with E-state index in [0.29, 0.717) is 5.57 Å². The van der Waals surface area contributed by atoms with Crippen LogP contribution in [0.2, 0.25) is 0 Å². The van der Waals surface area contributed by atoms with E-state index in [1.54, 1.807) is 0 Å². The highest BCUT2D eigenvalue weighted by Gasteiger charge is 2.30. The molecule has 2 aliphatic rings. The number of thioether (sulfide) groups is 1. The number of rotatable bonds is 5. The summed E-state index contributed by atoms with van der Waals surface area (Å²) in [6.45, 7) is 1.28. The lowest BCUT2D eigenvalue weighted by Gasteiger charge is -2.40. The first-order valence-corrected chi connectivity index (χ1v) is 12.8. The number of carbonyl (C=O) groups excluding carboxylic acids is 1. The van der Waals surface area contributed by atoms with Gasteiger partial charge in [-0.05, 0) is 46.6 Å². The molecule has 1 N–H and O–H groups in total. The molecule has 0 saturated carbocycles. The summed E-state index contributed by atoms with van der Waals surface area (Å²) < 4.78 is 6.92. The van der Waals surface area contributed by atoms with Crippen molar-refractivity contribution in [2.75, 3.05) is 37.5 Å². The number of hydrogen-bond acceptors (Lipinski definition) is 3. The molecule has 0 spiro atoms. The van der Waals surface area contributed by atoms with Crippen LogP contribution < -0.4 is 34.0 Å². The molecule has 1 amide bonds. The highest BCUT2D eigenvalue weighted by Crippen LogP contribution is 2.33. The van der Waals surface area contributed by atoms with E-state index in [4.69, 9.17) is 4.74 Å². The van der Waals surface area contributed by atoms with Gasteiger partial charge < -0.3 is 38.5 Å². The highest BCUT2D eigenvalue weighted by molar-refractivity contribution is 7.99. The number of quaternary nitrogens is 1. The molecule has 3 aromatic rings. The topological polar surface area (TPSA) is 38.3 Å². The molecule has 4 nitrogen and oxygen atoms in total. The maximum absolute atomic E-state index is 13.0. The predicted molar refractivity (Wildman–Crippen MR) is 139 cm³/mol. The Bertz CT molecular complexity index is 1200. The summed E-state index contributed by atoms with van der Waals surface area (Å²) in [7, 11) is 4.68. The number of nitrogens with zero attached hydrogens (tertiary/aromatic N) is 1. The molecule has 2 aliphatic heterocycles. The molecule has 6 heteroatoms. The van der Waals surface area contributed by atoms with E-state index >= 15 is 0 Å². The van der Waals surface area contributed by atoms with Gasteiger partial charge in [-0.3, -0.25) is 4.79 Å². The minimum Gasteiger partial charge on any atom is -1.00 e. The predicted octanol–water partition coefficient (Wildman–Crippen LogP) is 2.73. The summed E-state index contributed by atoms with van der Waals surface area (Å²) in [5.74, 6) is 3.26. The Morgan fingerprint density at radius 3 is 2.53 bits per heavy atom. The van der Waals surface area contributed by atoms with Crippen LogP contribution in [0.3, 0.4) is 0 Å². The van der Waals surface area contributed by atoms with E-state index < -0.39 is 0 Å². The first kappa shape index (κ1) is 25.1. The number of nitrogens with one attached hydrogen (secondary N) is 1. The van der Waals surface area contributed by atoms with Gasteiger partial charge in [-0.1, -0.05) is 42.5 Å². The van der Waals surface area contributed by atoms with Gasteiger partial charge in [0.05, 0.1) is 25.7 Å². The molecular formula is C28H31IN2O2S. The Labute approximate surface area is 223 Å². The van der Waals surface area contributed by atoms with Crippen LogP contribution in [0.5, 0.6) is 5.75 Å². The monoisotopic (exact) mass is 586 g/mol. The lowest BCUT2D eigenvalue weighted by Crippen LogP contribution is -3.00. The van der Waals surface area contributed by atoms with Crippen LogP contribution in [0.1, 0.15) is 24.0 Å². The Morgan fingerprint density at radius 1 is 1.03 bits per heavy atom. The second kappa shape index (κ2) is 10.7. The second-order valence-electron chi connectivity index (χ2n) is 9.59. The Morgan fingerprint density at radius 2 is 1.76 bits per heavy atom. The molecule has 0 bridgehead atoms. The zero-order valence-corrected chi connectivity index (χ0v) is 22.7. The molecule has 0 radical (unpaired) electrons. The van der Waals surface area contributed by atoms with E-state index in [0.717, 1.165) is 44.8 Å². The van der Waals surface area contributed by atoms with Crippen molar-refractivity contribution >= 4 is 40.2 Å². The minimum atomic E-state index is -0.114. The standard InChI is InChI=1S/C28H30N2O2S.HI/c1-30(2,24-13-15-33-16-14-24)18-20-7-10-23(11-8-20)29-28(31)22-17-26-25-6-4-3-5-21(25)9-12-27(26)32-19-22;/h3-12,17,24H,13-16,18-19H2,1-2H3;1H. The van der Waals surface area contributed by atoms with Gasteiger partial charge in [-0.25, -0.2) is 0 Å². The first-order chi connectivity index (χ1) is 16.0. The summed E-state index contributed by atoms with van der Waals surface area (Å²) >= 11 is 2.07. The van der Waals surface area contributed by atoms with Crippen molar-refractivity contribution in [3.05, 3.63) is 77.4 Å². The molecule has 0 atom stereocenters. The molecule has 3 aromatic carbocycles. The summed E-state index contributed by atoms with van der Waals surface area (Å²) in [5.41, 5.74) is 3.72. The average molecular weight is 587 g/mol. The van der Waals surface area contributed by atoms with Crippen molar-refractivity contribution in [1.29, 1.82) is 0 Å². The fourth-order valence-electron chi connectivity index (χ4n) is 4.94. The van der Waals surface area contributed by atoms with Crippen molar-refractivity contribution in [3.63, 3.8) is 0 Å². The van der Waals surface area contributed by atoms with Crippen LogP contribution in [0.25, 0.3) is 16.8 Å². The van der Waals surface area contributed by atoms with E-state index in [-0.39, 0.29) is 36.5 Å². The smallest absolute Gasteiger partial charge is 0.255 e. The third-order valence-corrected chi connectivity index (χ3v) is 7.95. The SMILES string of the molecule is C[N+](C)(Cc1ccc(NC(=O)C2=Cc3c(ccc4ccccc34)OC2)cc1)C1CCSCC1.[I-]. The molecule has 2 heterocycles. The van der Waals surface area contributed by atoms with Crippen molar-refractivity contribution < 1.29 is 38.0 Å². The van der Waals surface area contributed by atoms with Crippen molar-refractivity contribution in [2.24, 2.45) is 0 Å². The number of hydrogen-bond donors (Lipinski definition) is 1. The zero-order valence-electron chi connectivity index (χ0n) is 19.7. The first-order valence-electron chi connectivity index (χ1n) is 11.7. The van der Waals surface area contributed by atoms with Gasteiger partial charge in [0.15, 0.2) is 0 Å². The normalized spacial score (nSPS) is 16.1. The average Bonchev–Trinajstić information content (AvgIpc) is 2.85. The summed E-state index contributed by atoms with van der Waals surface area (Å²) in [6.07, 6.45) is 4.55. The fraction of sp³-hybridized carbons (Fsp3) is 0.321. The van der Waals surface area contributed by atoms with Crippen molar-refractivity contribution in [2.45, 2.75) is 25.4 Å². The van der Waals surface area contributed by atoms with Crippen molar-refractivity contribution in [3.8, 4) is 5.75 Å². The van der Waals surface area contributed by atoms with Crippen LogP contribution in [0.4, 0.5) is 5.69 Å². The molecule has 0 aromatic heterocycles. The highest BCUT2D eigenvalue weighted by atomic mass is 127. The molecule has 178 valence electrons. The summed E-state index contributed by atoms with van der Waals surface area (Å²) in [6, 6.07) is 21.2. The van der Waals surface area contributed by atoms with Crippen molar-refractivity contribution in [1.82, 2.24) is 0 Å². The zero-order chi connectivity index (χ0) is 22.8. The summed E-state index contributed by atoms with van der Waals surface area (Å²) in [4.78, 5) is 13.0. The molecule has 0 unspecified atom stereocenters. The molecule has 1 fully saturated rings. The van der Waals surface area contributed by atoms with E-state index in [9.17, 15) is 4.79 Å². The molecule has 0 aliphatic carbocycles. The third-order valence-electron chi connectivity index (χ3n) is 6.91. The van der Waals surface area contributed by atoms with Crippen LogP contribution in [0, 0.1) is 0 Å². The Balaban J connectivity index is 0.00000274. The second-order valence-corrected chi connectivity index (χ2v) is 10.8. The number of benzene rings is 3. The van der Waals surface area contributed by atoms with Crippen LogP contribution >= 0.6 is 11.8 Å². The number of amides is 1. The largest absolute Gasteiger partial charge is 1.00 e. The fourth-order valence-corrected chi connectivity index (χ4v) is 6.02. The lowest BCUT2D eigenvalue weighted by atomic mass is 9.99. The molecule has 1 saturated heterocycles. The lowest BCUT2D eigenvalue weighted by molar-refractivity contribution is -0.928. The van der Waals surface area contributed by atoms with Gasteiger partial charge in [0, 0.05) is 29.7 Å². The number of ether oxygens (including phenoxy) is 1. The Hall–Kier alpha value is -2.03. The minimum absolute atomic E-state index is 0. The van der Waals surface area contributed by atoms with Crippen LogP contribution in [0.15, 0.2) is 66.2 Å². The Kier molecular flexibility index (Phi) is 7.90. The van der Waals surface area contributed by atoms with Gasteiger partial charge in [0.1, 0.15) is 18.9 Å². The number of anilines is 1. The number of fused-ring (bicyclic) bond motifs is 3. The maximum atomic E-state index is 13.0. The van der Waals surface area contributed by atoms with E-state index in [1.807, 2.05) is 36.4 Å². The summed E-state index contributed by atoms with van der Waals surface area (Å²) in [5, 5.41) is 5.29. The van der Waals surface area contributed by atoms with Gasteiger partial charge in [-0.15, -0.1) is 0 Å². The number of carbonyl (C=O) groups is 1. The van der Waals surface area contributed by atoms with Crippen LogP contribution in [-0.2, 0) is 11.3 Å². The van der Waals surface area contributed by atoms with Gasteiger partial charge >= 0.3 is 0 Å².